The Kier molecular flexibility index (Phi) is 1.97. The summed E-state index contributed by atoms with van der Waals surface area (Å²) in [6.45, 7) is 2.13. The lowest BCUT2D eigenvalue weighted by Gasteiger charge is -2.43. The highest BCUT2D eigenvalue weighted by Crippen LogP contribution is 2.53. The molecule has 1 aromatic heterocycles. The lowest BCUT2D eigenvalue weighted by Crippen LogP contribution is -2.44. The Morgan fingerprint density at radius 3 is 2.89 bits per heavy atom. The van der Waals surface area contributed by atoms with Crippen molar-refractivity contribution < 1.29 is 5.11 Å². The van der Waals surface area contributed by atoms with Crippen molar-refractivity contribution in [1.29, 1.82) is 0 Å². The summed E-state index contributed by atoms with van der Waals surface area (Å²) in [6, 6.07) is 3.81. The van der Waals surface area contributed by atoms with Crippen LogP contribution in [0, 0.1) is 5.92 Å². The molecule has 1 aromatic carbocycles. The van der Waals surface area contributed by atoms with Crippen LogP contribution in [0.2, 0.25) is 5.02 Å². The predicted molar refractivity (Wildman–Crippen MR) is 70.7 cm³/mol. The fraction of sp³-hybridized carbons (Fsp3) is 0.500. The molecular weight excluding hydrogens is 248 g/mol. The second kappa shape index (κ2) is 3.28. The number of halogens is 1. The summed E-state index contributed by atoms with van der Waals surface area (Å²) in [5, 5.41) is 16.9. The van der Waals surface area contributed by atoms with Crippen LogP contribution < -0.4 is 0 Å². The number of benzene rings is 1. The zero-order valence-electron chi connectivity index (χ0n) is 10.2. The molecule has 4 heteroatoms. The van der Waals surface area contributed by atoms with Gasteiger partial charge in [0.05, 0.1) is 17.3 Å². The number of aliphatic hydroxyl groups is 1. The van der Waals surface area contributed by atoms with Crippen LogP contribution in [-0.4, -0.2) is 14.9 Å². The van der Waals surface area contributed by atoms with E-state index in [1.165, 1.54) is 19.3 Å². The third kappa shape index (κ3) is 1.08. The highest BCUT2D eigenvalue weighted by Gasteiger charge is 2.51. The summed E-state index contributed by atoms with van der Waals surface area (Å²) >= 11 is 6.12. The lowest BCUT2D eigenvalue weighted by molar-refractivity contribution is -0.0205. The molecule has 4 rings (SSSR count). The minimum Gasteiger partial charge on any atom is -0.386 e. The molecule has 1 aliphatic carbocycles. The van der Waals surface area contributed by atoms with Gasteiger partial charge in [0.1, 0.15) is 6.10 Å². The van der Waals surface area contributed by atoms with Crippen molar-refractivity contribution >= 4 is 22.5 Å². The summed E-state index contributed by atoms with van der Waals surface area (Å²) in [5.74, 6) is 0.516. The predicted octanol–water partition coefficient (Wildman–Crippen LogP) is 3.25. The van der Waals surface area contributed by atoms with Gasteiger partial charge in [0.25, 0.3) is 0 Å². The molecule has 0 spiro atoms. The zero-order chi connectivity index (χ0) is 12.5. The Bertz CT molecular complexity index is 647. The molecule has 0 bridgehead atoms. The first-order valence-corrected chi connectivity index (χ1v) is 6.86. The number of aromatic nitrogens is 2. The molecule has 0 amide bonds. The quantitative estimate of drug-likeness (QED) is 0.857. The molecule has 2 unspecified atom stereocenters. The molecule has 1 fully saturated rings. The maximum absolute atomic E-state index is 10.7. The SMILES string of the molecule is CC1(C2CCC2)C(O)c2cc(Cl)cc3cnn1c23. The molecule has 1 saturated carbocycles. The monoisotopic (exact) mass is 262 g/mol. The molecule has 2 atom stereocenters. The van der Waals surface area contributed by atoms with Crippen molar-refractivity contribution in [2.45, 2.75) is 37.8 Å². The largest absolute Gasteiger partial charge is 0.386 e. The number of rotatable bonds is 1. The third-order valence-corrected chi connectivity index (χ3v) is 5.11. The van der Waals surface area contributed by atoms with Crippen molar-refractivity contribution in [3.8, 4) is 0 Å². The molecule has 2 aliphatic rings. The molecule has 3 nitrogen and oxygen atoms in total. The molecular formula is C14H15ClN2O. The first kappa shape index (κ1) is 10.8. The maximum Gasteiger partial charge on any atom is 0.106 e. The smallest absolute Gasteiger partial charge is 0.106 e. The zero-order valence-corrected chi connectivity index (χ0v) is 11.0. The van der Waals surface area contributed by atoms with Gasteiger partial charge in [-0.05, 0) is 37.8 Å². The van der Waals surface area contributed by atoms with E-state index in [2.05, 4.69) is 12.0 Å². The third-order valence-electron chi connectivity index (χ3n) is 4.89. The Labute approximate surface area is 110 Å². The summed E-state index contributed by atoms with van der Waals surface area (Å²) < 4.78 is 2.03. The van der Waals surface area contributed by atoms with Gasteiger partial charge >= 0.3 is 0 Å². The first-order valence-electron chi connectivity index (χ1n) is 6.48. The van der Waals surface area contributed by atoms with Gasteiger partial charge in [-0.3, -0.25) is 4.68 Å². The van der Waals surface area contributed by atoms with E-state index in [1.54, 1.807) is 0 Å². The summed E-state index contributed by atoms with van der Waals surface area (Å²) in [5.41, 5.74) is 1.69. The number of nitrogens with zero attached hydrogens (tertiary/aromatic N) is 2. The normalized spacial score (nSPS) is 30.9. The van der Waals surface area contributed by atoms with E-state index in [-0.39, 0.29) is 5.54 Å². The molecule has 2 aromatic rings. The van der Waals surface area contributed by atoms with Gasteiger partial charge in [0, 0.05) is 16.0 Å². The van der Waals surface area contributed by atoms with Gasteiger partial charge in [0.2, 0.25) is 0 Å². The molecule has 2 heterocycles. The Morgan fingerprint density at radius 2 is 2.22 bits per heavy atom. The Hall–Kier alpha value is -1.06. The first-order chi connectivity index (χ1) is 8.62. The van der Waals surface area contributed by atoms with Crippen LogP contribution in [0.4, 0.5) is 0 Å². The second-order valence-corrected chi connectivity index (χ2v) is 6.18. The number of hydrogen-bond acceptors (Lipinski definition) is 2. The van der Waals surface area contributed by atoms with Gasteiger partial charge in [-0.1, -0.05) is 18.0 Å². The molecule has 1 aliphatic heterocycles. The number of hydrogen-bond donors (Lipinski definition) is 1. The van der Waals surface area contributed by atoms with E-state index >= 15 is 0 Å². The molecule has 94 valence electrons. The minimum atomic E-state index is -0.493. The number of aliphatic hydroxyl groups excluding tert-OH is 1. The van der Waals surface area contributed by atoms with Crippen molar-refractivity contribution in [2.24, 2.45) is 5.92 Å². The van der Waals surface area contributed by atoms with Gasteiger partial charge < -0.3 is 5.11 Å². The van der Waals surface area contributed by atoms with E-state index in [4.69, 9.17) is 11.6 Å². The van der Waals surface area contributed by atoms with E-state index in [9.17, 15) is 5.11 Å². The van der Waals surface area contributed by atoms with E-state index in [0.717, 1.165) is 16.5 Å². The van der Waals surface area contributed by atoms with Crippen LogP contribution in [0.15, 0.2) is 18.3 Å². The van der Waals surface area contributed by atoms with E-state index < -0.39 is 6.10 Å². The molecule has 0 radical (unpaired) electrons. The highest BCUT2D eigenvalue weighted by atomic mass is 35.5. The van der Waals surface area contributed by atoms with Gasteiger partial charge in [-0.2, -0.15) is 5.10 Å². The second-order valence-electron chi connectivity index (χ2n) is 5.75. The lowest BCUT2D eigenvalue weighted by atomic mass is 9.69. The van der Waals surface area contributed by atoms with Crippen molar-refractivity contribution in [3.63, 3.8) is 0 Å². The fourth-order valence-electron chi connectivity index (χ4n) is 3.56. The van der Waals surface area contributed by atoms with Crippen LogP contribution in [0.3, 0.4) is 0 Å². The standard InChI is InChI=1S/C14H15ClN2O/c1-14(9-3-2-4-9)13(18)11-6-10(15)5-8-7-16-17(14)12(8)11/h5-7,9,13,18H,2-4H2,1H3. The average Bonchev–Trinajstić information content (AvgIpc) is 2.75. The van der Waals surface area contributed by atoms with E-state index in [0.29, 0.717) is 10.9 Å². The van der Waals surface area contributed by atoms with E-state index in [1.807, 2.05) is 23.0 Å². The molecule has 0 saturated heterocycles. The van der Waals surface area contributed by atoms with Crippen LogP contribution in [0.25, 0.3) is 10.9 Å². The molecule has 18 heavy (non-hydrogen) atoms. The fourth-order valence-corrected chi connectivity index (χ4v) is 3.79. The minimum absolute atomic E-state index is 0.299. The van der Waals surface area contributed by atoms with Crippen LogP contribution >= 0.6 is 11.6 Å². The average molecular weight is 263 g/mol. The van der Waals surface area contributed by atoms with Crippen molar-refractivity contribution in [3.05, 3.63) is 28.9 Å². The maximum atomic E-state index is 10.7. The van der Waals surface area contributed by atoms with Crippen LogP contribution in [-0.2, 0) is 5.54 Å². The summed E-state index contributed by atoms with van der Waals surface area (Å²) in [6.07, 6.45) is 4.97. The van der Waals surface area contributed by atoms with Gasteiger partial charge in [-0.25, -0.2) is 0 Å². The topological polar surface area (TPSA) is 38.1 Å². The summed E-state index contributed by atoms with van der Waals surface area (Å²) in [4.78, 5) is 0. The summed E-state index contributed by atoms with van der Waals surface area (Å²) in [7, 11) is 0. The van der Waals surface area contributed by atoms with Crippen molar-refractivity contribution in [1.82, 2.24) is 9.78 Å². The van der Waals surface area contributed by atoms with Gasteiger partial charge in [0.15, 0.2) is 0 Å². The van der Waals surface area contributed by atoms with Gasteiger partial charge in [-0.15, -0.1) is 0 Å². The highest BCUT2D eigenvalue weighted by molar-refractivity contribution is 6.31. The van der Waals surface area contributed by atoms with Crippen LogP contribution in [0.1, 0.15) is 37.9 Å². The molecule has 1 N–H and O–H groups in total. The Morgan fingerprint density at radius 1 is 1.44 bits per heavy atom. The van der Waals surface area contributed by atoms with Crippen LogP contribution in [0.5, 0.6) is 0 Å². The van der Waals surface area contributed by atoms with Crippen molar-refractivity contribution in [2.75, 3.05) is 0 Å². The Balaban J connectivity index is 2.01.